The molecule has 2 heterocycles. The van der Waals surface area contributed by atoms with Crippen LogP contribution in [0.4, 0.5) is 0 Å². The molecule has 1 N–H and O–H groups in total. The van der Waals surface area contributed by atoms with Crippen LogP contribution in [0, 0.1) is 5.92 Å². The molecule has 0 aliphatic carbocycles. The maximum absolute atomic E-state index is 11.5. The first kappa shape index (κ1) is 11.5. The number of hydrogen-bond acceptors (Lipinski definition) is 3. The Bertz CT molecular complexity index is 380. The predicted octanol–water partition coefficient (Wildman–Crippen LogP) is 1.78. The molecule has 1 saturated heterocycles. The van der Waals surface area contributed by atoms with E-state index >= 15 is 0 Å². The molecule has 2 rings (SSSR count). The Labute approximate surface area is 95.6 Å². The zero-order valence-corrected chi connectivity index (χ0v) is 9.98. The van der Waals surface area contributed by atoms with Crippen LogP contribution in [0.25, 0.3) is 0 Å². The monoisotopic (exact) mass is 224 g/mol. The van der Waals surface area contributed by atoms with Gasteiger partial charge in [0.05, 0.1) is 6.04 Å². The van der Waals surface area contributed by atoms with Crippen LogP contribution in [0.3, 0.4) is 0 Å². The third-order valence-corrected chi connectivity index (χ3v) is 3.16. The first-order valence-electron chi connectivity index (χ1n) is 6.06. The van der Waals surface area contributed by atoms with Gasteiger partial charge in [-0.2, -0.15) is 4.74 Å². The fourth-order valence-electron chi connectivity index (χ4n) is 2.49. The number of rotatable bonds is 3. The van der Waals surface area contributed by atoms with Crippen LogP contribution in [-0.4, -0.2) is 17.3 Å². The lowest BCUT2D eigenvalue weighted by atomic mass is 9.93. The topological polar surface area (TPSA) is 47.2 Å². The van der Waals surface area contributed by atoms with Gasteiger partial charge >= 0.3 is 0 Å². The number of aromatic nitrogens is 1. The highest BCUT2D eigenvalue weighted by Gasteiger charge is 2.25. The lowest BCUT2D eigenvalue weighted by Gasteiger charge is -2.30. The maximum Gasteiger partial charge on any atom is 0.282 e. The second-order valence-corrected chi connectivity index (χ2v) is 5.03. The normalized spacial score (nSPS) is 26.2. The molecule has 16 heavy (non-hydrogen) atoms. The van der Waals surface area contributed by atoms with Gasteiger partial charge in [0, 0.05) is 12.1 Å². The fraction of sp³-hybridized carbons (Fsp3) is 0.750. The van der Waals surface area contributed by atoms with E-state index in [-0.39, 0.29) is 11.6 Å². The zero-order valence-electron chi connectivity index (χ0n) is 9.98. The average Bonchev–Trinajstić information content (AvgIpc) is 2.64. The first-order valence-corrected chi connectivity index (χ1v) is 6.06. The minimum Gasteiger partial charge on any atom is -0.384 e. The Morgan fingerprint density at radius 3 is 3.06 bits per heavy atom. The molecule has 2 atom stereocenters. The molecule has 0 spiro atoms. The van der Waals surface area contributed by atoms with E-state index in [1.807, 2.05) is 0 Å². The standard InChI is InChI=1S/C12H20N2O2/c1-9(2)7-10-8-11(3-5-13-10)14-12(15)4-6-16-14/h4,6,9-11,13H,3,5,7-8H2,1-2H3/t10-,11-/m0/s1. The average molecular weight is 224 g/mol. The predicted molar refractivity (Wildman–Crippen MR) is 62.5 cm³/mol. The summed E-state index contributed by atoms with van der Waals surface area (Å²) in [5, 5.41) is 3.50. The van der Waals surface area contributed by atoms with E-state index in [0.717, 1.165) is 25.8 Å². The molecule has 1 aliphatic heterocycles. The Kier molecular flexibility index (Phi) is 3.49. The van der Waals surface area contributed by atoms with E-state index in [0.29, 0.717) is 12.0 Å². The molecular formula is C12H20N2O2. The van der Waals surface area contributed by atoms with Crippen molar-refractivity contribution in [3.8, 4) is 0 Å². The van der Waals surface area contributed by atoms with Gasteiger partial charge in [-0.05, 0) is 31.7 Å². The minimum absolute atomic E-state index is 0.0183. The van der Waals surface area contributed by atoms with Crippen molar-refractivity contribution in [3.63, 3.8) is 0 Å². The summed E-state index contributed by atoms with van der Waals surface area (Å²) in [6, 6.07) is 2.22. The smallest absolute Gasteiger partial charge is 0.282 e. The summed E-state index contributed by atoms with van der Waals surface area (Å²) in [7, 11) is 0. The quantitative estimate of drug-likeness (QED) is 0.851. The molecule has 0 radical (unpaired) electrons. The Morgan fingerprint density at radius 2 is 2.44 bits per heavy atom. The summed E-state index contributed by atoms with van der Waals surface area (Å²) in [5.41, 5.74) is -0.0183. The lowest BCUT2D eigenvalue weighted by Crippen LogP contribution is -2.41. The van der Waals surface area contributed by atoms with E-state index in [1.165, 1.54) is 17.1 Å². The Hall–Kier alpha value is -1.03. The highest BCUT2D eigenvalue weighted by molar-refractivity contribution is 4.85. The largest absolute Gasteiger partial charge is 0.384 e. The minimum atomic E-state index is -0.0183. The van der Waals surface area contributed by atoms with Crippen LogP contribution < -0.4 is 10.9 Å². The molecule has 0 unspecified atom stereocenters. The zero-order chi connectivity index (χ0) is 11.5. The van der Waals surface area contributed by atoms with E-state index in [2.05, 4.69) is 19.2 Å². The summed E-state index contributed by atoms with van der Waals surface area (Å²) >= 11 is 0. The van der Waals surface area contributed by atoms with Crippen molar-refractivity contribution in [2.75, 3.05) is 6.54 Å². The molecule has 1 aliphatic rings. The molecule has 0 aromatic carbocycles. The van der Waals surface area contributed by atoms with Crippen molar-refractivity contribution in [3.05, 3.63) is 22.7 Å². The number of hydrogen-bond donors (Lipinski definition) is 1. The second kappa shape index (κ2) is 4.87. The van der Waals surface area contributed by atoms with Gasteiger partial charge in [0.25, 0.3) is 5.56 Å². The van der Waals surface area contributed by atoms with Crippen LogP contribution >= 0.6 is 0 Å². The van der Waals surface area contributed by atoms with Crippen LogP contribution in [0.5, 0.6) is 0 Å². The third kappa shape index (κ3) is 2.55. The second-order valence-electron chi connectivity index (χ2n) is 5.03. The van der Waals surface area contributed by atoms with E-state index < -0.39 is 0 Å². The number of piperidine rings is 1. The molecule has 1 aromatic heterocycles. The molecule has 1 fully saturated rings. The number of nitrogens with one attached hydrogen (secondary N) is 1. The van der Waals surface area contributed by atoms with Crippen molar-refractivity contribution in [2.24, 2.45) is 5.92 Å². The maximum atomic E-state index is 11.5. The summed E-state index contributed by atoms with van der Waals surface area (Å²) in [5.74, 6) is 0.685. The molecule has 4 heteroatoms. The van der Waals surface area contributed by atoms with E-state index in [9.17, 15) is 4.79 Å². The van der Waals surface area contributed by atoms with Crippen LogP contribution in [0.2, 0.25) is 0 Å². The SMILES string of the molecule is CC(C)C[C@H]1C[C@@H](n2occc2=O)CCN1. The summed E-state index contributed by atoms with van der Waals surface area (Å²) < 4.78 is 6.76. The van der Waals surface area contributed by atoms with Crippen LogP contribution in [0.15, 0.2) is 21.6 Å². The number of nitrogens with zero attached hydrogens (tertiary/aromatic N) is 1. The van der Waals surface area contributed by atoms with Crippen molar-refractivity contribution in [1.82, 2.24) is 10.1 Å². The first-order chi connectivity index (χ1) is 7.66. The van der Waals surface area contributed by atoms with Crippen molar-refractivity contribution < 1.29 is 4.52 Å². The molecule has 0 saturated carbocycles. The molecule has 4 nitrogen and oxygen atoms in total. The summed E-state index contributed by atoms with van der Waals surface area (Å²) in [6.45, 7) is 5.42. The molecule has 90 valence electrons. The van der Waals surface area contributed by atoms with E-state index in [4.69, 9.17) is 4.52 Å². The fourth-order valence-corrected chi connectivity index (χ4v) is 2.49. The van der Waals surface area contributed by atoms with Crippen molar-refractivity contribution >= 4 is 0 Å². The highest BCUT2D eigenvalue weighted by Crippen LogP contribution is 2.23. The Balaban J connectivity index is 2.02. The van der Waals surface area contributed by atoms with Crippen LogP contribution in [0.1, 0.15) is 39.2 Å². The highest BCUT2D eigenvalue weighted by atomic mass is 16.5. The molecular weight excluding hydrogens is 204 g/mol. The lowest BCUT2D eigenvalue weighted by molar-refractivity contribution is 0.155. The summed E-state index contributed by atoms with van der Waals surface area (Å²) in [6.07, 6.45) is 4.60. The van der Waals surface area contributed by atoms with Crippen molar-refractivity contribution in [1.29, 1.82) is 0 Å². The van der Waals surface area contributed by atoms with Gasteiger partial charge in [0.15, 0.2) is 0 Å². The van der Waals surface area contributed by atoms with Gasteiger partial charge in [-0.25, -0.2) is 0 Å². The van der Waals surface area contributed by atoms with E-state index in [1.54, 1.807) is 0 Å². The van der Waals surface area contributed by atoms with Gasteiger partial charge in [0.1, 0.15) is 6.26 Å². The van der Waals surface area contributed by atoms with Gasteiger partial charge in [-0.3, -0.25) is 4.79 Å². The van der Waals surface area contributed by atoms with Gasteiger partial charge in [-0.1, -0.05) is 13.8 Å². The van der Waals surface area contributed by atoms with Gasteiger partial charge < -0.3 is 9.84 Å². The van der Waals surface area contributed by atoms with Gasteiger partial charge in [0.2, 0.25) is 0 Å². The molecule has 0 amide bonds. The summed E-state index contributed by atoms with van der Waals surface area (Å²) in [4.78, 5) is 11.5. The molecule has 1 aromatic rings. The van der Waals surface area contributed by atoms with Crippen molar-refractivity contribution in [2.45, 2.75) is 45.2 Å². The molecule has 0 bridgehead atoms. The third-order valence-electron chi connectivity index (χ3n) is 3.16. The van der Waals surface area contributed by atoms with Gasteiger partial charge in [-0.15, -0.1) is 0 Å². The Morgan fingerprint density at radius 1 is 1.62 bits per heavy atom. The van der Waals surface area contributed by atoms with Crippen LogP contribution in [-0.2, 0) is 0 Å².